The Balaban J connectivity index is 1.82. The van der Waals surface area contributed by atoms with Crippen molar-refractivity contribution in [2.45, 2.75) is 52.9 Å². The topological polar surface area (TPSA) is 70.5 Å². The van der Waals surface area contributed by atoms with E-state index in [1.165, 1.54) is 6.20 Å². The van der Waals surface area contributed by atoms with E-state index in [1.807, 2.05) is 24.3 Å². The number of rotatable bonds is 11. The molecule has 0 saturated carbocycles. The fourth-order valence-corrected chi connectivity index (χ4v) is 2.40. The van der Waals surface area contributed by atoms with Gasteiger partial charge in [-0.3, -0.25) is 0 Å². The molecule has 1 unspecified atom stereocenters. The number of nitrogens with zero attached hydrogens (tertiary/aromatic N) is 2. The van der Waals surface area contributed by atoms with Gasteiger partial charge in [0.2, 0.25) is 5.88 Å². The van der Waals surface area contributed by atoms with Crippen LogP contribution in [0.5, 0.6) is 11.6 Å². The van der Waals surface area contributed by atoms with Crippen LogP contribution in [-0.2, 0) is 4.74 Å². The number of benzene rings is 1. The Labute approximate surface area is 167 Å². The highest BCUT2D eigenvalue weighted by Crippen LogP contribution is 2.21. The largest absolute Gasteiger partial charge is 0.515 e. The molecule has 2 aromatic rings. The van der Waals surface area contributed by atoms with Gasteiger partial charge >= 0.3 is 6.16 Å². The van der Waals surface area contributed by atoms with Crippen molar-refractivity contribution < 1.29 is 19.0 Å². The third kappa shape index (κ3) is 7.55. The van der Waals surface area contributed by atoms with E-state index in [9.17, 15) is 4.79 Å². The van der Waals surface area contributed by atoms with Crippen LogP contribution in [0.2, 0.25) is 0 Å². The molecule has 0 N–H and O–H groups in total. The van der Waals surface area contributed by atoms with Crippen LogP contribution in [0.25, 0.3) is 11.3 Å². The van der Waals surface area contributed by atoms with E-state index in [2.05, 4.69) is 30.7 Å². The van der Waals surface area contributed by atoms with Gasteiger partial charge in [-0.25, -0.2) is 14.8 Å². The van der Waals surface area contributed by atoms with Gasteiger partial charge in [0.25, 0.3) is 0 Å². The number of hydrogen-bond donors (Lipinski definition) is 0. The zero-order valence-corrected chi connectivity index (χ0v) is 17.0. The molecule has 0 saturated heterocycles. The summed E-state index contributed by atoms with van der Waals surface area (Å²) in [4.78, 5) is 20.1. The lowest BCUT2D eigenvalue weighted by Crippen LogP contribution is -2.12. The summed E-state index contributed by atoms with van der Waals surface area (Å²) >= 11 is 0. The van der Waals surface area contributed by atoms with Gasteiger partial charge in [0.1, 0.15) is 5.75 Å². The molecule has 6 nitrogen and oxygen atoms in total. The number of aromatic nitrogens is 2. The maximum atomic E-state index is 11.6. The number of carbonyl (C=O) groups excluding carboxylic acids is 1. The fourth-order valence-electron chi connectivity index (χ4n) is 2.40. The molecule has 0 bridgehead atoms. The van der Waals surface area contributed by atoms with E-state index >= 15 is 0 Å². The fraction of sp³-hybridized carbons (Fsp3) is 0.500. The first-order valence-corrected chi connectivity index (χ1v) is 10.0. The summed E-state index contributed by atoms with van der Waals surface area (Å²) in [6.45, 7) is 7.51. The Bertz CT molecular complexity index is 701. The zero-order chi connectivity index (χ0) is 20.2. The summed E-state index contributed by atoms with van der Waals surface area (Å²) in [6, 6.07) is 7.70. The van der Waals surface area contributed by atoms with Crippen molar-refractivity contribution in [3.05, 3.63) is 36.7 Å². The highest BCUT2D eigenvalue weighted by atomic mass is 16.7. The van der Waals surface area contributed by atoms with Crippen LogP contribution >= 0.6 is 0 Å². The molecule has 0 aliphatic heterocycles. The van der Waals surface area contributed by atoms with Crippen LogP contribution in [0.4, 0.5) is 4.79 Å². The Morgan fingerprint density at radius 2 is 1.82 bits per heavy atom. The van der Waals surface area contributed by atoms with Crippen molar-refractivity contribution in [1.82, 2.24) is 9.97 Å². The lowest BCUT2D eigenvalue weighted by atomic mass is 10.1. The Morgan fingerprint density at radius 1 is 1.04 bits per heavy atom. The third-order valence-electron chi connectivity index (χ3n) is 4.42. The van der Waals surface area contributed by atoms with Crippen molar-refractivity contribution in [3.63, 3.8) is 0 Å². The normalized spacial score (nSPS) is 11.7. The van der Waals surface area contributed by atoms with Gasteiger partial charge in [-0.15, -0.1) is 0 Å². The molecule has 0 amide bonds. The number of carbonyl (C=O) groups is 1. The second-order valence-corrected chi connectivity index (χ2v) is 6.85. The summed E-state index contributed by atoms with van der Waals surface area (Å²) in [5.74, 6) is 1.48. The van der Waals surface area contributed by atoms with Gasteiger partial charge in [0.15, 0.2) is 0 Å². The van der Waals surface area contributed by atoms with Gasteiger partial charge in [-0.2, -0.15) is 0 Å². The lowest BCUT2D eigenvalue weighted by molar-refractivity contribution is 0.0956. The van der Waals surface area contributed by atoms with Crippen LogP contribution in [0.15, 0.2) is 36.7 Å². The van der Waals surface area contributed by atoms with Crippen molar-refractivity contribution in [2.24, 2.45) is 5.92 Å². The molecular formula is C22H30N2O4. The quantitative estimate of drug-likeness (QED) is 0.366. The van der Waals surface area contributed by atoms with E-state index in [-0.39, 0.29) is 5.88 Å². The van der Waals surface area contributed by atoms with E-state index in [0.29, 0.717) is 24.8 Å². The van der Waals surface area contributed by atoms with E-state index in [0.717, 1.165) is 43.4 Å². The van der Waals surface area contributed by atoms with Crippen LogP contribution in [0.3, 0.4) is 0 Å². The monoisotopic (exact) mass is 386 g/mol. The molecule has 1 aromatic heterocycles. The second-order valence-electron chi connectivity index (χ2n) is 6.85. The molecule has 1 aromatic carbocycles. The van der Waals surface area contributed by atoms with Crippen molar-refractivity contribution >= 4 is 6.16 Å². The summed E-state index contributed by atoms with van der Waals surface area (Å²) < 4.78 is 15.8. The average molecular weight is 386 g/mol. The van der Waals surface area contributed by atoms with E-state index < -0.39 is 6.16 Å². The van der Waals surface area contributed by atoms with Crippen molar-refractivity contribution in [3.8, 4) is 22.9 Å². The van der Waals surface area contributed by atoms with E-state index in [4.69, 9.17) is 14.2 Å². The maximum absolute atomic E-state index is 11.6. The molecule has 1 heterocycles. The van der Waals surface area contributed by atoms with Crippen molar-refractivity contribution in [1.29, 1.82) is 0 Å². The van der Waals surface area contributed by atoms with Gasteiger partial charge < -0.3 is 14.2 Å². The minimum absolute atomic E-state index is 0.121. The minimum Gasteiger partial charge on any atom is -0.493 e. The summed E-state index contributed by atoms with van der Waals surface area (Å²) in [5, 5.41) is 0. The molecule has 0 radical (unpaired) electrons. The zero-order valence-electron chi connectivity index (χ0n) is 17.0. The van der Waals surface area contributed by atoms with Gasteiger partial charge in [0, 0.05) is 5.56 Å². The Morgan fingerprint density at radius 3 is 2.46 bits per heavy atom. The molecule has 0 aliphatic carbocycles. The van der Waals surface area contributed by atoms with Crippen LogP contribution in [0, 0.1) is 5.92 Å². The van der Waals surface area contributed by atoms with Crippen molar-refractivity contribution in [2.75, 3.05) is 13.2 Å². The molecular weight excluding hydrogens is 356 g/mol. The molecule has 2 rings (SSSR count). The maximum Gasteiger partial charge on any atom is 0.515 e. The van der Waals surface area contributed by atoms with E-state index in [1.54, 1.807) is 6.20 Å². The summed E-state index contributed by atoms with van der Waals surface area (Å²) in [5.41, 5.74) is 1.60. The minimum atomic E-state index is -0.749. The highest BCUT2D eigenvalue weighted by molar-refractivity contribution is 5.63. The third-order valence-corrected chi connectivity index (χ3v) is 4.42. The first-order valence-electron chi connectivity index (χ1n) is 10.0. The second kappa shape index (κ2) is 12.0. The molecule has 0 aliphatic rings. The molecule has 0 fully saturated rings. The average Bonchev–Trinajstić information content (AvgIpc) is 2.73. The lowest BCUT2D eigenvalue weighted by Gasteiger charge is -2.11. The molecule has 6 heteroatoms. The first-order chi connectivity index (χ1) is 13.6. The van der Waals surface area contributed by atoms with Crippen LogP contribution in [0.1, 0.15) is 52.9 Å². The first kappa shape index (κ1) is 21.7. The SMILES string of the molecule is CCCCCCOC(=O)Oc1cnc(-c2ccc(OCC(C)CC)cc2)cn1. The predicted molar refractivity (Wildman–Crippen MR) is 109 cm³/mol. The standard InChI is InChI=1S/C22H30N2O4/c1-4-6-7-8-13-26-22(25)28-21-15-23-20(14-24-21)18-9-11-19(12-10-18)27-16-17(3)5-2/h9-12,14-15,17H,4-8,13,16H2,1-3H3. The van der Waals surface area contributed by atoms with Gasteiger partial charge in [0.05, 0.1) is 31.3 Å². The number of ether oxygens (including phenoxy) is 3. The molecule has 1 atom stereocenters. The van der Waals surface area contributed by atoms with Crippen LogP contribution < -0.4 is 9.47 Å². The van der Waals surface area contributed by atoms with Gasteiger partial charge in [-0.05, 0) is 36.6 Å². The predicted octanol–water partition coefficient (Wildman–Crippen LogP) is 5.66. The molecule has 28 heavy (non-hydrogen) atoms. The highest BCUT2D eigenvalue weighted by Gasteiger charge is 2.09. The van der Waals surface area contributed by atoms with Gasteiger partial charge in [-0.1, -0.05) is 46.5 Å². The van der Waals surface area contributed by atoms with Crippen LogP contribution in [-0.4, -0.2) is 29.3 Å². The molecule has 0 spiro atoms. The summed E-state index contributed by atoms with van der Waals surface area (Å²) in [6.07, 6.45) is 7.48. The Hall–Kier alpha value is -2.63. The smallest absolute Gasteiger partial charge is 0.493 e. The number of hydrogen-bond acceptors (Lipinski definition) is 6. The number of unbranched alkanes of at least 4 members (excludes halogenated alkanes) is 3. The molecule has 152 valence electrons. The summed E-state index contributed by atoms with van der Waals surface area (Å²) in [7, 11) is 0. The Kier molecular flexibility index (Phi) is 9.25.